The van der Waals surface area contributed by atoms with Crippen molar-refractivity contribution in [1.29, 1.82) is 0 Å². The fraction of sp³-hybridized carbons (Fsp3) is 0.750. The van der Waals surface area contributed by atoms with E-state index in [0.29, 0.717) is 19.6 Å². The topological polar surface area (TPSA) is 105 Å². The van der Waals surface area contributed by atoms with Gasteiger partial charge in [0.1, 0.15) is 6.04 Å². The summed E-state index contributed by atoms with van der Waals surface area (Å²) in [5.41, 5.74) is 2.34. The molecule has 156 valence electrons. The summed E-state index contributed by atoms with van der Waals surface area (Å²) in [5, 5.41) is 20.0. The molecule has 0 saturated heterocycles. The SMILES string of the molecule is CNC(=O)C(NC(=O)n1nc(C2CCC(O)CC2)c2c1CCOC2)C(C)(C)C. The minimum Gasteiger partial charge on any atom is -0.393 e. The largest absolute Gasteiger partial charge is 0.393 e. The predicted molar refractivity (Wildman–Crippen MR) is 104 cm³/mol. The summed E-state index contributed by atoms with van der Waals surface area (Å²) in [6.45, 7) is 6.75. The minimum atomic E-state index is -0.669. The lowest BCUT2D eigenvalue weighted by Gasteiger charge is -2.29. The molecule has 3 N–H and O–H groups in total. The molecule has 1 unspecified atom stereocenters. The molecule has 1 fully saturated rings. The molecule has 0 spiro atoms. The van der Waals surface area contributed by atoms with Crippen LogP contribution in [0, 0.1) is 5.41 Å². The number of nitrogens with one attached hydrogen (secondary N) is 2. The van der Waals surface area contributed by atoms with Crippen LogP contribution < -0.4 is 10.6 Å². The molecule has 28 heavy (non-hydrogen) atoms. The lowest BCUT2D eigenvalue weighted by atomic mass is 9.83. The van der Waals surface area contributed by atoms with Crippen LogP contribution >= 0.6 is 0 Å². The molecule has 1 saturated carbocycles. The molecule has 8 nitrogen and oxygen atoms in total. The second kappa shape index (κ2) is 8.21. The van der Waals surface area contributed by atoms with Crippen LogP contribution in [0.5, 0.6) is 0 Å². The third-order valence-corrected chi connectivity index (χ3v) is 5.77. The Morgan fingerprint density at radius 1 is 1.25 bits per heavy atom. The van der Waals surface area contributed by atoms with Gasteiger partial charge in [0.15, 0.2) is 0 Å². The zero-order chi connectivity index (χ0) is 20.5. The molecular weight excluding hydrogens is 360 g/mol. The van der Waals surface area contributed by atoms with Gasteiger partial charge in [-0.15, -0.1) is 0 Å². The summed E-state index contributed by atoms with van der Waals surface area (Å²) in [4.78, 5) is 25.4. The van der Waals surface area contributed by atoms with Crippen molar-refractivity contribution in [2.24, 2.45) is 5.41 Å². The van der Waals surface area contributed by atoms with E-state index in [4.69, 9.17) is 4.74 Å². The summed E-state index contributed by atoms with van der Waals surface area (Å²) in [7, 11) is 1.57. The van der Waals surface area contributed by atoms with Crippen LogP contribution in [0.2, 0.25) is 0 Å². The molecule has 2 heterocycles. The quantitative estimate of drug-likeness (QED) is 0.726. The van der Waals surface area contributed by atoms with Crippen molar-refractivity contribution in [2.45, 2.75) is 77.5 Å². The lowest BCUT2D eigenvalue weighted by molar-refractivity contribution is -0.124. The molecule has 8 heteroatoms. The fourth-order valence-electron chi connectivity index (χ4n) is 4.11. The first-order valence-corrected chi connectivity index (χ1v) is 10.1. The molecule has 0 aromatic carbocycles. The van der Waals surface area contributed by atoms with Crippen LogP contribution in [-0.2, 0) is 22.6 Å². The number of ether oxygens (including phenoxy) is 1. The summed E-state index contributed by atoms with van der Waals surface area (Å²) < 4.78 is 7.06. The number of carbonyl (C=O) groups excluding carboxylic acids is 2. The predicted octanol–water partition coefficient (Wildman–Crippen LogP) is 1.69. The highest BCUT2D eigenvalue weighted by Gasteiger charge is 2.35. The molecule has 0 radical (unpaired) electrons. The van der Waals surface area contributed by atoms with Crippen LogP contribution in [0.4, 0.5) is 4.79 Å². The standard InChI is InChI=1S/C20H32N4O4/c1-20(2,3)17(18(26)21-4)22-19(27)24-15-9-10-28-11-14(15)16(23-24)12-5-7-13(25)8-6-12/h12-13,17,25H,5-11H2,1-4H3,(H,21,26)(H,22,27). The zero-order valence-corrected chi connectivity index (χ0v) is 17.2. The van der Waals surface area contributed by atoms with Crippen LogP contribution in [0.25, 0.3) is 0 Å². The summed E-state index contributed by atoms with van der Waals surface area (Å²) in [6, 6.07) is -1.05. The monoisotopic (exact) mass is 392 g/mol. The first-order valence-electron chi connectivity index (χ1n) is 10.1. The van der Waals surface area contributed by atoms with E-state index >= 15 is 0 Å². The minimum absolute atomic E-state index is 0.227. The van der Waals surface area contributed by atoms with Gasteiger partial charge in [-0.05, 0) is 31.1 Å². The van der Waals surface area contributed by atoms with Crippen molar-refractivity contribution in [3.8, 4) is 0 Å². The van der Waals surface area contributed by atoms with E-state index < -0.39 is 11.5 Å². The maximum atomic E-state index is 13.1. The number of carbonyl (C=O) groups is 2. The lowest BCUT2D eigenvalue weighted by Crippen LogP contribution is -2.54. The van der Waals surface area contributed by atoms with Crippen LogP contribution in [0.15, 0.2) is 0 Å². The fourth-order valence-corrected chi connectivity index (χ4v) is 4.11. The molecule has 1 aliphatic carbocycles. The van der Waals surface area contributed by atoms with Gasteiger partial charge in [-0.1, -0.05) is 20.8 Å². The van der Waals surface area contributed by atoms with Gasteiger partial charge < -0.3 is 20.5 Å². The van der Waals surface area contributed by atoms with E-state index in [1.807, 2.05) is 20.8 Å². The summed E-state index contributed by atoms with van der Waals surface area (Å²) in [6.07, 6.45) is 3.59. The number of aliphatic hydroxyl groups is 1. The van der Waals surface area contributed by atoms with Crippen LogP contribution in [-0.4, -0.2) is 52.6 Å². The Balaban J connectivity index is 1.89. The van der Waals surface area contributed by atoms with Crippen molar-refractivity contribution in [3.05, 3.63) is 17.0 Å². The van der Waals surface area contributed by atoms with Gasteiger partial charge >= 0.3 is 6.03 Å². The van der Waals surface area contributed by atoms with Crippen molar-refractivity contribution < 1.29 is 19.4 Å². The van der Waals surface area contributed by atoms with E-state index in [0.717, 1.165) is 42.6 Å². The van der Waals surface area contributed by atoms with Crippen molar-refractivity contribution >= 4 is 11.9 Å². The highest BCUT2D eigenvalue weighted by molar-refractivity contribution is 5.88. The van der Waals surface area contributed by atoms with E-state index in [-0.39, 0.29) is 24.0 Å². The van der Waals surface area contributed by atoms with E-state index in [1.54, 1.807) is 7.05 Å². The Hall–Kier alpha value is -1.93. The number of rotatable bonds is 3. The van der Waals surface area contributed by atoms with Crippen LogP contribution in [0.1, 0.15) is 69.3 Å². The van der Waals surface area contributed by atoms with Crippen LogP contribution in [0.3, 0.4) is 0 Å². The molecule has 2 aliphatic rings. The van der Waals surface area contributed by atoms with Crippen molar-refractivity contribution in [1.82, 2.24) is 20.4 Å². The molecular formula is C20H32N4O4. The third-order valence-electron chi connectivity index (χ3n) is 5.77. The van der Waals surface area contributed by atoms with Gasteiger partial charge in [0.2, 0.25) is 5.91 Å². The molecule has 1 aromatic heterocycles. The highest BCUT2D eigenvalue weighted by atomic mass is 16.5. The molecule has 3 rings (SSSR count). The maximum Gasteiger partial charge on any atom is 0.342 e. The number of nitrogens with zero attached hydrogens (tertiary/aromatic N) is 2. The summed E-state index contributed by atoms with van der Waals surface area (Å²) >= 11 is 0. The second-order valence-electron chi connectivity index (χ2n) is 8.89. The van der Waals surface area contributed by atoms with Gasteiger partial charge in [0.05, 0.1) is 30.7 Å². The molecule has 1 atom stereocenters. The molecule has 1 aliphatic heterocycles. The van der Waals surface area contributed by atoms with Gasteiger partial charge in [-0.3, -0.25) is 4.79 Å². The highest BCUT2D eigenvalue weighted by Crippen LogP contribution is 2.36. The Morgan fingerprint density at radius 3 is 2.54 bits per heavy atom. The number of hydrogen-bond acceptors (Lipinski definition) is 5. The molecule has 2 amide bonds. The maximum absolute atomic E-state index is 13.1. The number of hydrogen-bond donors (Lipinski definition) is 3. The average Bonchev–Trinajstić information content (AvgIpc) is 3.05. The Kier molecular flexibility index (Phi) is 6.09. The van der Waals surface area contributed by atoms with E-state index in [9.17, 15) is 14.7 Å². The van der Waals surface area contributed by atoms with Gasteiger partial charge in [0.25, 0.3) is 0 Å². The number of likely N-dealkylation sites (N-methyl/N-ethyl adjacent to an activating group) is 1. The Bertz CT molecular complexity index is 729. The first kappa shape index (κ1) is 20.8. The smallest absolute Gasteiger partial charge is 0.342 e. The number of amides is 2. The number of aromatic nitrogens is 2. The van der Waals surface area contributed by atoms with Gasteiger partial charge in [-0.2, -0.15) is 9.78 Å². The molecule has 0 bridgehead atoms. The number of fused-ring (bicyclic) bond motifs is 1. The second-order valence-corrected chi connectivity index (χ2v) is 8.89. The first-order chi connectivity index (χ1) is 13.2. The Morgan fingerprint density at radius 2 is 1.93 bits per heavy atom. The van der Waals surface area contributed by atoms with Gasteiger partial charge in [0, 0.05) is 24.9 Å². The van der Waals surface area contributed by atoms with E-state index in [1.165, 1.54) is 4.68 Å². The Labute approximate surface area is 166 Å². The normalized spacial score (nSPS) is 23.6. The van der Waals surface area contributed by atoms with E-state index in [2.05, 4.69) is 15.7 Å². The molecule has 1 aromatic rings. The van der Waals surface area contributed by atoms with Crippen molar-refractivity contribution in [2.75, 3.05) is 13.7 Å². The zero-order valence-electron chi connectivity index (χ0n) is 17.2. The number of aliphatic hydroxyl groups excluding tert-OH is 1. The third kappa shape index (κ3) is 4.22. The van der Waals surface area contributed by atoms with Crippen molar-refractivity contribution in [3.63, 3.8) is 0 Å². The van der Waals surface area contributed by atoms with Gasteiger partial charge in [-0.25, -0.2) is 4.79 Å². The summed E-state index contributed by atoms with van der Waals surface area (Å²) in [5.74, 6) is -0.00282. The average molecular weight is 393 g/mol.